The molecule has 0 aromatic carbocycles. The van der Waals surface area contributed by atoms with Gasteiger partial charge in [0.05, 0.1) is 19.3 Å². The molecule has 0 spiro atoms. The van der Waals surface area contributed by atoms with Crippen LogP contribution in [0.25, 0.3) is 0 Å². The van der Waals surface area contributed by atoms with Crippen LogP contribution in [0.3, 0.4) is 0 Å². The summed E-state index contributed by atoms with van der Waals surface area (Å²) in [7, 11) is 0. The maximum atomic E-state index is 16.2. The summed E-state index contributed by atoms with van der Waals surface area (Å²) in [5.74, 6) is 2.16. The van der Waals surface area contributed by atoms with Gasteiger partial charge in [-0.15, -0.1) is 0 Å². The van der Waals surface area contributed by atoms with E-state index in [4.69, 9.17) is 14.2 Å². The van der Waals surface area contributed by atoms with Crippen LogP contribution in [0.15, 0.2) is 4.52 Å². The molecule has 5 fully saturated rings. The maximum absolute atomic E-state index is 16.2. The number of carbonyl (C=O) groups excluding carboxylic acids is 1. The number of piperidine rings is 1. The van der Waals surface area contributed by atoms with Gasteiger partial charge >= 0.3 is 0 Å². The molecule has 9 heteroatoms. The lowest BCUT2D eigenvalue weighted by atomic mass is 9.60. The van der Waals surface area contributed by atoms with Crippen LogP contribution in [0.1, 0.15) is 114 Å². The van der Waals surface area contributed by atoms with Gasteiger partial charge in [0.15, 0.2) is 5.82 Å². The molecule has 1 aromatic rings. The quantitative estimate of drug-likeness (QED) is 0.588. The van der Waals surface area contributed by atoms with Gasteiger partial charge in [-0.3, -0.25) is 10.2 Å². The number of hydrogen-bond acceptors (Lipinski definition) is 7. The summed E-state index contributed by atoms with van der Waals surface area (Å²) in [5, 5.41) is 6.87. The van der Waals surface area contributed by atoms with Crippen molar-refractivity contribution in [2.45, 2.75) is 120 Å². The minimum Gasteiger partial charge on any atom is -0.378 e. The van der Waals surface area contributed by atoms with Crippen molar-refractivity contribution in [3.8, 4) is 0 Å². The van der Waals surface area contributed by atoms with E-state index >= 15 is 4.39 Å². The molecule has 1 aromatic heterocycles. The number of fused-ring (bicyclic) bond motifs is 1. The number of hydrazine groups is 1. The molecule has 5 aliphatic rings. The second-order valence-electron chi connectivity index (χ2n) is 12.6. The second-order valence-corrected chi connectivity index (χ2v) is 12.6. The van der Waals surface area contributed by atoms with Gasteiger partial charge < -0.3 is 14.2 Å². The standard InChI is InChI=1S/C29H46FN5O3/c1-2-26(36)34-13-11-20(12-14-34)27-32-28(38-33-27)21-15-25(30)24-17-31-35(23-18-37-19-23)29(24,16-21)22-9-7-5-3-4-6-8-10-22/h20-25,31H,2-19H2,1H3. The third-order valence-electron chi connectivity index (χ3n) is 10.5. The third kappa shape index (κ3) is 4.92. The minimum absolute atomic E-state index is 0.00655. The molecule has 4 heterocycles. The predicted octanol–water partition coefficient (Wildman–Crippen LogP) is 4.73. The van der Waals surface area contributed by atoms with Crippen molar-refractivity contribution in [2.75, 3.05) is 32.8 Å². The van der Waals surface area contributed by atoms with Crippen LogP contribution in [0, 0.1) is 11.8 Å². The van der Waals surface area contributed by atoms with Crippen LogP contribution in [-0.4, -0.2) is 76.6 Å². The number of amides is 1. The molecule has 0 bridgehead atoms. The minimum atomic E-state index is -0.890. The van der Waals surface area contributed by atoms with E-state index in [9.17, 15) is 4.79 Å². The van der Waals surface area contributed by atoms with Gasteiger partial charge in [0.1, 0.15) is 6.17 Å². The second kappa shape index (κ2) is 11.5. The van der Waals surface area contributed by atoms with Crippen LogP contribution < -0.4 is 5.43 Å². The van der Waals surface area contributed by atoms with E-state index in [0.717, 1.165) is 51.4 Å². The Morgan fingerprint density at radius 3 is 2.42 bits per heavy atom. The molecule has 4 atom stereocenters. The lowest BCUT2D eigenvalue weighted by Crippen LogP contribution is -2.66. The fraction of sp³-hybridized carbons (Fsp3) is 0.897. The van der Waals surface area contributed by atoms with Gasteiger partial charge in [0.2, 0.25) is 11.8 Å². The summed E-state index contributed by atoms with van der Waals surface area (Å²) in [4.78, 5) is 18.9. The first-order chi connectivity index (χ1) is 18.6. The smallest absolute Gasteiger partial charge is 0.229 e. The fourth-order valence-corrected chi connectivity index (χ4v) is 8.32. The summed E-state index contributed by atoms with van der Waals surface area (Å²) in [6.07, 6.45) is 12.7. The van der Waals surface area contributed by atoms with Crippen LogP contribution >= 0.6 is 0 Å². The molecule has 0 radical (unpaired) electrons. The predicted molar refractivity (Wildman–Crippen MR) is 141 cm³/mol. The van der Waals surface area contributed by atoms with Crippen LogP contribution in [0.5, 0.6) is 0 Å². The zero-order valence-electron chi connectivity index (χ0n) is 23.1. The molecule has 3 saturated heterocycles. The van der Waals surface area contributed by atoms with Crippen molar-refractivity contribution >= 4 is 5.91 Å². The fourth-order valence-electron chi connectivity index (χ4n) is 8.32. The summed E-state index contributed by atoms with van der Waals surface area (Å²) in [6, 6.07) is 0.313. The van der Waals surface area contributed by atoms with Crippen molar-refractivity contribution in [3.63, 3.8) is 0 Å². The Hall–Kier alpha value is -1.58. The highest BCUT2D eigenvalue weighted by Crippen LogP contribution is 2.55. The SMILES string of the molecule is CCC(=O)N1CCC(c2noc(C3CC(F)C4CNN(C5COC5)C4(C4CCCCCCCC4)C3)n2)CC1. The Bertz CT molecular complexity index is 938. The number of ether oxygens (including phenoxy) is 1. The number of nitrogens with zero attached hydrogens (tertiary/aromatic N) is 4. The molecule has 2 saturated carbocycles. The highest BCUT2D eigenvalue weighted by atomic mass is 19.1. The Kier molecular flexibility index (Phi) is 8.06. The lowest BCUT2D eigenvalue weighted by molar-refractivity contribution is -0.148. The third-order valence-corrected chi connectivity index (χ3v) is 10.5. The van der Waals surface area contributed by atoms with Crippen molar-refractivity contribution < 1.29 is 18.4 Å². The Morgan fingerprint density at radius 1 is 1.05 bits per heavy atom. The Balaban J connectivity index is 1.24. The molecule has 2 aliphatic carbocycles. The van der Waals surface area contributed by atoms with Gasteiger partial charge in [-0.05, 0) is 44.4 Å². The number of carbonyl (C=O) groups is 1. The van der Waals surface area contributed by atoms with Crippen LogP contribution in [0.4, 0.5) is 4.39 Å². The number of rotatable bonds is 5. The van der Waals surface area contributed by atoms with E-state index < -0.39 is 6.17 Å². The van der Waals surface area contributed by atoms with Gasteiger partial charge in [-0.2, -0.15) is 4.98 Å². The van der Waals surface area contributed by atoms with E-state index in [0.29, 0.717) is 37.2 Å². The van der Waals surface area contributed by atoms with Gasteiger partial charge in [0, 0.05) is 49.3 Å². The topological polar surface area (TPSA) is 83.7 Å². The Labute approximate surface area is 226 Å². The molecular formula is C29H46FN5O3. The number of nitrogens with one attached hydrogen (secondary N) is 1. The van der Waals surface area contributed by atoms with Crippen molar-refractivity contribution in [1.29, 1.82) is 0 Å². The first-order valence-electron chi connectivity index (χ1n) is 15.5. The van der Waals surface area contributed by atoms with Crippen molar-refractivity contribution in [1.82, 2.24) is 25.5 Å². The molecule has 38 heavy (non-hydrogen) atoms. The van der Waals surface area contributed by atoms with E-state index in [1.54, 1.807) is 0 Å². The van der Waals surface area contributed by atoms with Gasteiger partial charge in [-0.25, -0.2) is 9.40 Å². The van der Waals surface area contributed by atoms with E-state index in [-0.39, 0.29) is 29.2 Å². The molecule has 8 nitrogen and oxygen atoms in total. The van der Waals surface area contributed by atoms with Gasteiger partial charge in [-0.1, -0.05) is 50.6 Å². The summed E-state index contributed by atoms with van der Waals surface area (Å²) in [6.45, 7) is 5.56. The average Bonchev–Trinajstić information content (AvgIpc) is 3.56. The van der Waals surface area contributed by atoms with E-state index in [1.165, 1.54) is 51.4 Å². The Morgan fingerprint density at radius 2 is 1.76 bits per heavy atom. The van der Waals surface area contributed by atoms with Gasteiger partial charge in [0.25, 0.3) is 0 Å². The highest BCUT2D eigenvalue weighted by molar-refractivity contribution is 5.75. The number of alkyl halides is 1. The van der Waals surface area contributed by atoms with Crippen molar-refractivity contribution in [3.05, 3.63) is 11.7 Å². The largest absolute Gasteiger partial charge is 0.378 e. The summed E-state index contributed by atoms with van der Waals surface area (Å²) >= 11 is 0. The molecule has 1 amide bonds. The van der Waals surface area contributed by atoms with Crippen LogP contribution in [-0.2, 0) is 9.53 Å². The number of halogens is 1. The molecule has 212 valence electrons. The monoisotopic (exact) mass is 531 g/mol. The average molecular weight is 532 g/mol. The zero-order chi connectivity index (χ0) is 26.1. The zero-order valence-corrected chi connectivity index (χ0v) is 23.1. The highest BCUT2D eigenvalue weighted by Gasteiger charge is 2.62. The summed E-state index contributed by atoms with van der Waals surface area (Å²) < 4.78 is 27.7. The normalized spacial score (nSPS) is 34.8. The lowest BCUT2D eigenvalue weighted by Gasteiger charge is -2.55. The number of aromatic nitrogens is 2. The summed E-state index contributed by atoms with van der Waals surface area (Å²) in [5.41, 5.74) is 3.45. The molecule has 4 unspecified atom stereocenters. The van der Waals surface area contributed by atoms with Crippen LogP contribution in [0.2, 0.25) is 0 Å². The van der Waals surface area contributed by atoms with E-state index in [2.05, 4.69) is 15.6 Å². The van der Waals surface area contributed by atoms with E-state index in [1.807, 2.05) is 11.8 Å². The maximum Gasteiger partial charge on any atom is 0.229 e. The number of hydrogen-bond donors (Lipinski definition) is 1. The molecule has 1 N–H and O–H groups in total. The molecule has 3 aliphatic heterocycles. The molecule has 6 rings (SSSR count). The van der Waals surface area contributed by atoms with Crippen molar-refractivity contribution in [2.24, 2.45) is 11.8 Å². The first kappa shape index (κ1) is 26.6. The first-order valence-corrected chi connectivity index (χ1v) is 15.5. The molecular weight excluding hydrogens is 485 g/mol. The number of likely N-dealkylation sites (tertiary alicyclic amines) is 1.